The van der Waals surface area contributed by atoms with Gasteiger partial charge in [-0.25, -0.2) is 14.4 Å². The average molecular weight is 271 g/mol. The third kappa shape index (κ3) is 2.20. The quantitative estimate of drug-likeness (QED) is 0.719. The van der Waals surface area contributed by atoms with Crippen molar-refractivity contribution >= 4 is 5.69 Å². The van der Waals surface area contributed by atoms with Gasteiger partial charge in [0.2, 0.25) is 11.6 Å². The highest BCUT2D eigenvalue weighted by Gasteiger charge is 2.14. The molecule has 0 bridgehead atoms. The molecule has 0 saturated heterocycles. The second-order valence-corrected chi connectivity index (χ2v) is 4.24. The van der Waals surface area contributed by atoms with E-state index in [-0.39, 0.29) is 17.4 Å². The first kappa shape index (κ1) is 12.2. The number of benzene rings is 1. The lowest BCUT2D eigenvalue weighted by Crippen LogP contribution is -1.92. The summed E-state index contributed by atoms with van der Waals surface area (Å²) in [6.07, 6.45) is 3.31. The van der Waals surface area contributed by atoms with Crippen LogP contribution in [0.25, 0.3) is 23.1 Å². The van der Waals surface area contributed by atoms with E-state index in [1.807, 2.05) is 6.92 Å². The van der Waals surface area contributed by atoms with Crippen LogP contribution in [-0.4, -0.2) is 20.1 Å². The van der Waals surface area contributed by atoms with Crippen LogP contribution in [0.3, 0.4) is 0 Å². The molecule has 0 atom stereocenters. The summed E-state index contributed by atoms with van der Waals surface area (Å²) < 4.78 is 18.1. The molecule has 0 aliphatic rings. The number of halogens is 1. The number of nitrogen functional groups attached to an aromatic ring is 1. The van der Waals surface area contributed by atoms with E-state index < -0.39 is 5.82 Å². The van der Waals surface area contributed by atoms with Crippen molar-refractivity contribution < 1.29 is 8.91 Å². The zero-order chi connectivity index (χ0) is 14.1. The molecule has 2 aromatic heterocycles. The molecule has 1 aromatic carbocycles. The minimum absolute atomic E-state index is 0.196. The second-order valence-electron chi connectivity index (χ2n) is 4.24. The van der Waals surface area contributed by atoms with Gasteiger partial charge >= 0.3 is 0 Å². The predicted octanol–water partition coefficient (Wildman–Crippen LogP) is 2.22. The summed E-state index contributed by atoms with van der Waals surface area (Å²) in [4.78, 5) is 12.4. The Labute approximate surface area is 113 Å². The molecule has 20 heavy (non-hydrogen) atoms. The first-order valence-electron chi connectivity index (χ1n) is 5.81. The predicted molar refractivity (Wildman–Crippen MR) is 69.9 cm³/mol. The van der Waals surface area contributed by atoms with Crippen LogP contribution in [-0.2, 0) is 0 Å². The number of aryl methyl sites for hydroxylation is 1. The van der Waals surface area contributed by atoms with Gasteiger partial charge in [-0.3, -0.25) is 0 Å². The number of nitrogens with two attached hydrogens (primary N) is 1. The Bertz CT molecular complexity index is 754. The van der Waals surface area contributed by atoms with E-state index in [0.29, 0.717) is 11.4 Å². The Balaban J connectivity index is 1.99. The van der Waals surface area contributed by atoms with Crippen molar-refractivity contribution in [2.75, 3.05) is 5.73 Å². The fraction of sp³-hybridized carbons (Fsp3) is 0.0769. The Morgan fingerprint density at radius 1 is 1.15 bits per heavy atom. The Hall–Kier alpha value is -2.83. The molecule has 7 heteroatoms. The van der Waals surface area contributed by atoms with E-state index in [4.69, 9.17) is 10.3 Å². The zero-order valence-corrected chi connectivity index (χ0v) is 10.5. The van der Waals surface area contributed by atoms with Crippen molar-refractivity contribution in [1.29, 1.82) is 0 Å². The van der Waals surface area contributed by atoms with Gasteiger partial charge in [-0.15, -0.1) is 0 Å². The van der Waals surface area contributed by atoms with Gasteiger partial charge in [0.1, 0.15) is 5.82 Å². The van der Waals surface area contributed by atoms with Crippen LogP contribution >= 0.6 is 0 Å². The Morgan fingerprint density at radius 3 is 2.60 bits per heavy atom. The number of hydrogen-bond donors (Lipinski definition) is 1. The molecule has 6 nitrogen and oxygen atoms in total. The molecule has 0 fully saturated rings. The summed E-state index contributed by atoms with van der Waals surface area (Å²) in [6.45, 7) is 1.88. The van der Waals surface area contributed by atoms with Crippen LogP contribution in [0.1, 0.15) is 5.56 Å². The van der Waals surface area contributed by atoms with Gasteiger partial charge in [-0.1, -0.05) is 5.16 Å². The summed E-state index contributed by atoms with van der Waals surface area (Å²) >= 11 is 0. The molecule has 3 aromatic rings. The number of anilines is 1. The summed E-state index contributed by atoms with van der Waals surface area (Å²) in [5.41, 5.74) is 7.35. The van der Waals surface area contributed by atoms with Gasteiger partial charge in [0.15, 0.2) is 0 Å². The molecule has 0 amide bonds. The molecule has 0 aliphatic carbocycles. The lowest BCUT2D eigenvalue weighted by Gasteiger charge is -1.99. The first-order valence-corrected chi connectivity index (χ1v) is 5.81. The van der Waals surface area contributed by atoms with Crippen molar-refractivity contribution in [2.24, 2.45) is 0 Å². The zero-order valence-electron chi connectivity index (χ0n) is 10.5. The lowest BCUT2D eigenvalue weighted by atomic mass is 10.2. The second kappa shape index (κ2) is 4.69. The minimum Gasteiger partial charge on any atom is -0.398 e. The third-order valence-electron chi connectivity index (χ3n) is 2.65. The highest BCUT2D eigenvalue weighted by Crippen LogP contribution is 2.26. The fourth-order valence-electron chi connectivity index (χ4n) is 1.66. The first-order chi connectivity index (χ1) is 9.63. The van der Waals surface area contributed by atoms with Gasteiger partial charge in [0, 0.05) is 18.1 Å². The van der Waals surface area contributed by atoms with Crippen molar-refractivity contribution in [3.8, 4) is 23.1 Å². The van der Waals surface area contributed by atoms with Crippen molar-refractivity contribution in [3.05, 3.63) is 42.0 Å². The van der Waals surface area contributed by atoms with E-state index in [9.17, 15) is 4.39 Å². The molecule has 0 radical (unpaired) electrons. The molecule has 3 rings (SSSR count). The van der Waals surface area contributed by atoms with E-state index >= 15 is 0 Å². The van der Waals surface area contributed by atoms with Crippen LogP contribution < -0.4 is 5.73 Å². The SMILES string of the molecule is Cc1cnc(-c2noc(-c3ccc(F)cc3N)n2)nc1. The molecular formula is C13H10FN5O. The molecule has 0 aliphatic heterocycles. The van der Waals surface area contributed by atoms with Gasteiger partial charge in [-0.2, -0.15) is 4.98 Å². The van der Waals surface area contributed by atoms with E-state index in [1.54, 1.807) is 12.4 Å². The minimum atomic E-state index is -0.423. The summed E-state index contributed by atoms with van der Waals surface area (Å²) in [6, 6.07) is 3.96. The largest absolute Gasteiger partial charge is 0.398 e. The molecule has 0 saturated carbocycles. The van der Waals surface area contributed by atoms with Crippen molar-refractivity contribution in [2.45, 2.75) is 6.92 Å². The number of hydrogen-bond acceptors (Lipinski definition) is 6. The average Bonchev–Trinajstić information content (AvgIpc) is 2.89. The molecule has 100 valence electrons. The van der Waals surface area contributed by atoms with Gasteiger partial charge in [-0.05, 0) is 30.7 Å². The van der Waals surface area contributed by atoms with Crippen LogP contribution in [0.5, 0.6) is 0 Å². The highest BCUT2D eigenvalue weighted by atomic mass is 19.1. The summed E-state index contributed by atoms with van der Waals surface area (Å²) in [7, 11) is 0. The standard InChI is InChI=1S/C13H10FN5O/c1-7-5-16-11(17-6-7)12-18-13(20-19-12)9-3-2-8(14)4-10(9)15/h2-6H,15H2,1H3. The maximum Gasteiger partial charge on any atom is 0.260 e. The van der Waals surface area contributed by atoms with Gasteiger partial charge in [0.25, 0.3) is 5.89 Å². The maximum atomic E-state index is 13.0. The van der Waals surface area contributed by atoms with E-state index in [1.165, 1.54) is 18.2 Å². The van der Waals surface area contributed by atoms with Crippen LogP contribution in [0.15, 0.2) is 35.1 Å². The molecule has 2 heterocycles. The molecule has 2 N–H and O–H groups in total. The normalized spacial score (nSPS) is 10.7. The Morgan fingerprint density at radius 2 is 1.90 bits per heavy atom. The van der Waals surface area contributed by atoms with E-state index in [2.05, 4.69) is 20.1 Å². The van der Waals surface area contributed by atoms with Gasteiger partial charge < -0.3 is 10.3 Å². The smallest absolute Gasteiger partial charge is 0.260 e. The Kier molecular flexibility index (Phi) is 2.86. The van der Waals surface area contributed by atoms with Crippen molar-refractivity contribution in [3.63, 3.8) is 0 Å². The summed E-state index contributed by atoms with van der Waals surface area (Å²) in [5.74, 6) is 0.379. The van der Waals surface area contributed by atoms with Crippen molar-refractivity contribution in [1.82, 2.24) is 20.1 Å². The van der Waals surface area contributed by atoms with E-state index in [0.717, 1.165) is 5.56 Å². The topological polar surface area (TPSA) is 90.7 Å². The summed E-state index contributed by atoms with van der Waals surface area (Å²) in [5, 5.41) is 3.80. The lowest BCUT2D eigenvalue weighted by molar-refractivity contribution is 0.432. The number of rotatable bonds is 2. The fourth-order valence-corrected chi connectivity index (χ4v) is 1.66. The van der Waals surface area contributed by atoms with Gasteiger partial charge in [0.05, 0.1) is 5.56 Å². The number of nitrogens with zero attached hydrogens (tertiary/aromatic N) is 4. The van der Waals surface area contributed by atoms with Crippen LogP contribution in [0.4, 0.5) is 10.1 Å². The van der Waals surface area contributed by atoms with Crippen LogP contribution in [0, 0.1) is 12.7 Å². The molecular weight excluding hydrogens is 261 g/mol. The molecule has 0 spiro atoms. The molecule has 0 unspecified atom stereocenters. The monoisotopic (exact) mass is 271 g/mol. The number of aromatic nitrogens is 4. The maximum absolute atomic E-state index is 13.0. The highest BCUT2D eigenvalue weighted by molar-refractivity contribution is 5.70. The third-order valence-corrected chi connectivity index (χ3v) is 2.65. The van der Waals surface area contributed by atoms with Crippen LogP contribution in [0.2, 0.25) is 0 Å².